The monoisotopic (exact) mass is 239 g/mol. The first-order valence-electron chi connectivity index (χ1n) is 6.10. The Morgan fingerprint density at radius 2 is 2.44 bits per heavy atom. The van der Waals surface area contributed by atoms with E-state index in [-0.39, 0.29) is 0 Å². The van der Waals surface area contributed by atoms with Crippen LogP contribution in [0.3, 0.4) is 0 Å². The molecule has 1 aliphatic rings. The molecule has 90 valence electrons. The van der Waals surface area contributed by atoms with E-state index in [1.807, 2.05) is 0 Å². The van der Waals surface area contributed by atoms with E-state index in [2.05, 4.69) is 36.0 Å². The molecule has 2 heterocycles. The van der Waals surface area contributed by atoms with Crippen molar-refractivity contribution in [3.8, 4) is 0 Å². The highest BCUT2D eigenvalue weighted by atomic mass is 32.1. The van der Waals surface area contributed by atoms with Gasteiger partial charge in [-0.3, -0.25) is 0 Å². The van der Waals surface area contributed by atoms with Crippen LogP contribution < -0.4 is 5.32 Å². The van der Waals surface area contributed by atoms with Crippen molar-refractivity contribution in [1.29, 1.82) is 0 Å². The van der Waals surface area contributed by atoms with E-state index in [1.165, 1.54) is 12.0 Å². The van der Waals surface area contributed by atoms with Crippen LogP contribution in [0.1, 0.15) is 31.7 Å². The minimum Gasteiger partial charge on any atom is -0.381 e. The van der Waals surface area contributed by atoms with Crippen molar-refractivity contribution < 1.29 is 4.74 Å². The SMILES string of the molecule is CC(CNC(C)C1CCOC1)c1ccsc1. The fourth-order valence-electron chi connectivity index (χ4n) is 2.15. The molecule has 0 amide bonds. The third-order valence-electron chi connectivity index (χ3n) is 3.53. The van der Waals surface area contributed by atoms with E-state index in [4.69, 9.17) is 4.74 Å². The summed E-state index contributed by atoms with van der Waals surface area (Å²) in [5, 5.41) is 8.04. The molecule has 1 fully saturated rings. The van der Waals surface area contributed by atoms with Crippen LogP contribution in [0.5, 0.6) is 0 Å². The first-order valence-corrected chi connectivity index (χ1v) is 7.05. The standard InChI is InChI=1S/C13H21NOS/c1-10(13-4-6-16-9-13)7-14-11(2)12-3-5-15-8-12/h4,6,9-12,14H,3,5,7-8H2,1-2H3. The molecule has 0 radical (unpaired) electrons. The molecule has 16 heavy (non-hydrogen) atoms. The topological polar surface area (TPSA) is 21.3 Å². The second-order valence-corrected chi connectivity index (χ2v) is 5.56. The summed E-state index contributed by atoms with van der Waals surface area (Å²) in [4.78, 5) is 0. The maximum absolute atomic E-state index is 5.42. The molecule has 0 aliphatic carbocycles. The molecule has 0 aromatic carbocycles. The third kappa shape index (κ3) is 3.06. The Morgan fingerprint density at radius 1 is 1.56 bits per heavy atom. The fourth-order valence-corrected chi connectivity index (χ4v) is 2.93. The first kappa shape index (κ1) is 12.1. The maximum Gasteiger partial charge on any atom is 0.0509 e. The second kappa shape index (κ2) is 5.80. The number of thiophene rings is 1. The number of hydrogen-bond acceptors (Lipinski definition) is 3. The van der Waals surface area contributed by atoms with E-state index in [0.717, 1.165) is 19.8 Å². The van der Waals surface area contributed by atoms with Crippen LogP contribution in [-0.2, 0) is 4.74 Å². The van der Waals surface area contributed by atoms with Crippen molar-refractivity contribution in [2.24, 2.45) is 5.92 Å². The fraction of sp³-hybridized carbons (Fsp3) is 0.692. The van der Waals surface area contributed by atoms with Crippen molar-refractivity contribution >= 4 is 11.3 Å². The summed E-state index contributed by atoms with van der Waals surface area (Å²) < 4.78 is 5.42. The molecule has 1 aromatic heterocycles. The number of hydrogen-bond donors (Lipinski definition) is 1. The smallest absolute Gasteiger partial charge is 0.0509 e. The van der Waals surface area contributed by atoms with Gasteiger partial charge in [-0.2, -0.15) is 11.3 Å². The van der Waals surface area contributed by atoms with Gasteiger partial charge in [0.05, 0.1) is 6.61 Å². The highest BCUT2D eigenvalue weighted by Gasteiger charge is 2.22. The lowest BCUT2D eigenvalue weighted by molar-refractivity contribution is 0.178. The van der Waals surface area contributed by atoms with Crippen LogP contribution in [-0.4, -0.2) is 25.8 Å². The van der Waals surface area contributed by atoms with Gasteiger partial charge in [0.2, 0.25) is 0 Å². The molecule has 1 aliphatic heterocycles. The van der Waals surface area contributed by atoms with Gasteiger partial charge in [-0.05, 0) is 47.6 Å². The summed E-state index contributed by atoms with van der Waals surface area (Å²) >= 11 is 1.78. The Kier molecular flexibility index (Phi) is 4.38. The van der Waals surface area contributed by atoms with Crippen LogP contribution in [0.4, 0.5) is 0 Å². The molecule has 3 unspecified atom stereocenters. The minimum absolute atomic E-state index is 0.573. The quantitative estimate of drug-likeness (QED) is 0.853. The van der Waals surface area contributed by atoms with Crippen molar-refractivity contribution in [1.82, 2.24) is 5.32 Å². The van der Waals surface area contributed by atoms with Gasteiger partial charge in [0.25, 0.3) is 0 Å². The van der Waals surface area contributed by atoms with E-state index in [0.29, 0.717) is 17.9 Å². The van der Waals surface area contributed by atoms with E-state index in [1.54, 1.807) is 11.3 Å². The Morgan fingerprint density at radius 3 is 3.06 bits per heavy atom. The zero-order valence-corrected chi connectivity index (χ0v) is 10.9. The summed E-state index contributed by atoms with van der Waals surface area (Å²) in [5.74, 6) is 1.31. The van der Waals surface area contributed by atoms with Crippen LogP contribution in [0.2, 0.25) is 0 Å². The van der Waals surface area contributed by atoms with Crippen molar-refractivity contribution in [3.63, 3.8) is 0 Å². The van der Waals surface area contributed by atoms with Crippen molar-refractivity contribution in [3.05, 3.63) is 22.4 Å². The van der Waals surface area contributed by atoms with E-state index < -0.39 is 0 Å². The van der Waals surface area contributed by atoms with E-state index >= 15 is 0 Å². The van der Waals surface area contributed by atoms with Gasteiger partial charge >= 0.3 is 0 Å². The van der Waals surface area contributed by atoms with Gasteiger partial charge in [-0.25, -0.2) is 0 Å². The summed E-state index contributed by atoms with van der Waals surface area (Å²) in [6.45, 7) is 7.50. The van der Waals surface area contributed by atoms with E-state index in [9.17, 15) is 0 Å². The lowest BCUT2D eigenvalue weighted by Crippen LogP contribution is -2.36. The van der Waals surface area contributed by atoms with Crippen LogP contribution >= 0.6 is 11.3 Å². The summed E-state index contributed by atoms with van der Waals surface area (Å²) in [5.41, 5.74) is 1.45. The Bertz CT molecular complexity index is 293. The summed E-state index contributed by atoms with van der Waals surface area (Å²) in [6, 6.07) is 2.80. The van der Waals surface area contributed by atoms with Gasteiger partial charge in [-0.15, -0.1) is 0 Å². The zero-order valence-electron chi connectivity index (χ0n) is 10.1. The summed E-state index contributed by atoms with van der Waals surface area (Å²) in [7, 11) is 0. The molecule has 0 saturated carbocycles. The molecule has 1 aromatic rings. The molecular weight excluding hydrogens is 218 g/mol. The van der Waals surface area contributed by atoms with Gasteiger partial charge in [0, 0.05) is 19.2 Å². The molecule has 3 atom stereocenters. The van der Waals surface area contributed by atoms with Gasteiger partial charge < -0.3 is 10.1 Å². The lowest BCUT2D eigenvalue weighted by atomic mass is 9.99. The molecule has 2 rings (SSSR count). The molecular formula is C13H21NOS. The predicted molar refractivity (Wildman–Crippen MR) is 69.1 cm³/mol. The van der Waals surface area contributed by atoms with Crippen LogP contribution in [0, 0.1) is 5.92 Å². The molecule has 1 saturated heterocycles. The molecule has 2 nitrogen and oxygen atoms in total. The summed E-state index contributed by atoms with van der Waals surface area (Å²) in [6.07, 6.45) is 1.21. The second-order valence-electron chi connectivity index (χ2n) is 4.78. The average molecular weight is 239 g/mol. The lowest BCUT2D eigenvalue weighted by Gasteiger charge is -2.21. The first-order chi connectivity index (χ1) is 7.77. The number of rotatable bonds is 5. The molecule has 0 spiro atoms. The Labute approximate surface area is 102 Å². The van der Waals surface area contributed by atoms with Crippen molar-refractivity contribution in [2.45, 2.75) is 32.2 Å². The highest BCUT2D eigenvalue weighted by Crippen LogP contribution is 2.19. The Hall–Kier alpha value is -0.380. The van der Waals surface area contributed by atoms with Crippen molar-refractivity contribution in [2.75, 3.05) is 19.8 Å². The largest absolute Gasteiger partial charge is 0.381 e. The normalized spacial score (nSPS) is 24.5. The van der Waals surface area contributed by atoms with Crippen LogP contribution in [0.15, 0.2) is 16.8 Å². The Balaban J connectivity index is 1.74. The molecule has 3 heteroatoms. The van der Waals surface area contributed by atoms with Crippen LogP contribution in [0.25, 0.3) is 0 Å². The van der Waals surface area contributed by atoms with Gasteiger partial charge in [0.15, 0.2) is 0 Å². The number of nitrogens with one attached hydrogen (secondary N) is 1. The third-order valence-corrected chi connectivity index (χ3v) is 4.23. The minimum atomic E-state index is 0.573. The number of ether oxygens (including phenoxy) is 1. The maximum atomic E-state index is 5.42. The highest BCUT2D eigenvalue weighted by molar-refractivity contribution is 7.07. The zero-order chi connectivity index (χ0) is 11.4. The van der Waals surface area contributed by atoms with Gasteiger partial charge in [-0.1, -0.05) is 6.92 Å². The predicted octanol–water partition coefficient (Wildman–Crippen LogP) is 2.87. The van der Waals surface area contributed by atoms with Gasteiger partial charge in [0.1, 0.15) is 0 Å². The average Bonchev–Trinajstić information content (AvgIpc) is 2.95. The molecule has 1 N–H and O–H groups in total. The molecule has 0 bridgehead atoms.